The first-order valence-corrected chi connectivity index (χ1v) is 3.44. The van der Waals surface area contributed by atoms with Gasteiger partial charge in [-0.1, -0.05) is 6.58 Å². The molecule has 0 aliphatic heterocycles. The van der Waals surface area contributed by atoms with E-state index in [0.717, 1.165) is 12.1 Å². The summed E-state index contributed by atoms with van der Waals surface area (Å²) in [4.78, 5) is 5.78. The zero-order chi connectivity index (χ0) is 8.85. The summed E-state index contributed by atoms with van der Waals surface area (Å²) in [5.74, 6) is 0.136. The van der Waals surface area contributed by atoms with Crippen LogP contribution in [0.4, 0.5) is 0 Å². The Morgan fingerprint density at radius 3 is 2.36 bits per heavy atom. The van der Waals surface area contributed by atoms with E-state index in [1.54, 1.807) is 0 Å². The van der Waals surface area contributed by atoms with E-state index in [1.807, 2.05) is 19.0 Å². The van der Waals surface area contributed by atoms with Gasteiger partial charge in [-0.2, -0.15) is 0 Å². The minimum Gasteiger partial charge on any atom is -0.381 e. The lowest BCUT2D eigenvalue weighted by Gasteiger charge is -2.13. The highest BCUT2D eigenvalue weighted by Crippen LogP contribution is 1.99. The molecule has 4 N–H and O–H groups in total. The van der Waals surface area contributed by atoms with Gasteiger partial charge in [0.15, 0.2) is 5.96 Å². The molecular weight excluding hydrogens is 140 g/mol. The van der Waals surface area contributed by atoms with Gasteiger partial charge in [0, 0.05) is 32.8 Å². The minimum absolute atomic E-state index is 0.136. The van der Waals surface area contributed by atoms with Crippen molar-refractivity contribution in [2.75, 3.05) is 20.6 Å². The summed E-state index contributed by atoms with van der Waals surface area (Å²) in [7, 11) is 3.88. The lowest BCUT2D eigenvalue weighted by atomic mass is 10.3. The maximum Gasteiger partial charge on any atom is 0.185 e. The molecule has 0 rings (SSSR count). The molecule has 0 aromatic carbocycles. The van der Waals surface area contributed by atoms with Crippen molar-refractivity contribution >= 4 is 5.96 Å². The van der Waals surface area contributed by atoms with E-state index in [-0.39, 0.29) is 5.96 Å². The number of aliphatic imine (C=N–C) groups is 1. The summed E-state index contributed by atoms with van der Waals surface area (Å²) in [6.07, 6.45) is 0.797. The van der Waals surface area contributed by atoms with E-state index in [0.29, 0.717) is 6.54 Å². The van der Waals surface area contributed by atoms with Gasteiger partial charge < -0.3 is 16.4 Å². The molecule has 11 heavy (non-hydrogen) atoms. The van der Waals surface area contributed by atoms with Gasteiger partial charge in [0.1, 0.15) is 0 Å². The highest BCUT2D eigenvalue weighted by molar-refractivity contribution is 5.75. The lowest BCUT2D eigenvalue weighted by molar-refractivity contribution is 0.492. The minimum atomic E-state index is 0.136. The van der Waals surface area contributed by atoms with E-state index in [2.05, 4.69) is 11.6 Å². The normalized spacial score (nSPS) is 8.91. The maximum atomic E-state index is 5.14. The Balaban J connectivity index is 3.56. The molecular formula is C7H16N4. The average Bonchev–Trinajstić information content (AvgIpc) is 1.86. The van der Waals surface area contributed by atoms with Crippen molar-refractivity contribution in [3.63, 3.8) is 0 Å². The zero-order valence-electron chi connectivity index (χ0n) is 7.17. The quantitative estimate of drug-likeness (QED) is 0.435. The van der Waals surface area contributed by atoms with Crippen LogP contribution >= 0.6 is 0 Å². The third-order valence-corrected chi connectivity index (χ3v) is 1.33. The van der Waals surface area contributed by atoms with Crippen LogP contribution in [0.1, 0.15) is 6.42 Å². The van der Waals surface area contributed by atoms with E-state index in [4.69, 9.17) is 11.5 Å². The molecule has 0 aromatic heterocycles. The predicted molar refractivity (Wildman–Crippen MR) is 48.1 cm³/mol. The van der Waals surface area contributed by atoms with Crippen LogP contribution in [0.3, 0.4) is 0 Å². The predicted octanol–water partition coefficient (Wildman–Crippen LogP) is -0.275. The fourth-order valence-electron chi connectivity index (χ4n) is 0.538. The van der Waals surface area contributed by atoms with Crippen molar-refractivity contribution in [1.29, 1.82) is 0 Å². The van der Waals surface area contributed by atoms with Crippen LogP contribution in [0, 0.1) is 0 Å². The van der Waals surface area contributed by atoms with Crippen molar-refractivity contribution in [1.82, 2.24) is 4.90 Å². The molecule has 0 heterocycles. The molecule has 0 saturated heterocycles. The van der Waals surface area contributed by atoms with E-state index >= 15 is 0 Å². The maximum absolute atomic E-state index is 5.14. The van der Waals surface area contributed by atoms with Crippen molar-refractivity contribution in [3.05, 3.63) is 12.3 Å². The lowest BCUT2D eigenvalue weighted by Crippen LogP contribution is -2.23. The summed E-state index contributed by atoms with van der Waals surface area (Å²) in [6, 6.07) is 0. The van der Waals surface area contributed by atoms with Gasteiger partial charge in [-0.15, -0.1) is 0 Å². The van der Waals surface area contributed by atoms with Crippen LogP contribution in [-0.4, -0.2) is 31.5 Å². The fourth-order valence-corrected chi connectivity index (χ4v) is 0.538. The molecule has 0 spiro atoms. The molecule has 4 heteroatoms. The SMILES string of the molecule is C=C(CCN=C(N)N)N(C)C. The molecule has 0 aromatic rings. The molecule has 64 valence electrons. The second kappa shape index (κ2) is 4.60. The van der Waals surface area contributed by atoms with Gasteiger partial charge >= 0.3 is 0 Å². The third-order valence-electron chi connectivity index (χ3n) is 1.33. The number of hydrogen-bond acceptors (Lipinski definition) is 2. The molecule has 0 fully saturated rings. The zero-order valence-corrected chi connectivity index (χ0v) is 7.17. The Morgan fingerprint density at radius 1 is 1.45 bits per heavy atom. The molecule has 0 aliphatic rings. The molecule has 0 radical (unpaired) electrons. The summed E-state index contributed by atoms with van der Waals surface area (Å²) < 4.78 is 0. The smallest absolute Gasteiger partial charge is 0.185 e. The molecule has 0 unspecified atom stereocenters. The number of guanidine groups is 1. The Bertz CT molecular complexity index is 156. The van der Waals surface area contributed by atoms with Crippen LogP contribution in [0.15, 0.2) is 17.3 Å². The Labute approximate surface area is 67.6 Å². The van der Waals surface area contributed by atoms with Crippen LogP contribution in [0.5, 0.6) is 0 Å². The van der Waals surface area contributed by atoms with E-state index in [9.17, 15) is 0 Å². The Kier molecular flexibility index (Phi) is 4.10. The van der Waals surface area contributed by atoms with Gasteiger partial charge in [-0.25, -0.2) is 0 Å². The summed E-state index contributed by atoms with van der Waals surface area (Å²) in [5.41, 5.74) is 11.3. The van der Waals surface area contributed by atoms with E-state index in [1.165, 1.54) is 0 Å². The summed E-state index contributed by atoms with van der Waals surface area (Å²) >= 11 is 0. The molecule has 4 nitrogen and oxygen atoms in total. The van der Waals surface area contributed by atoms with Crippen molar-refractivity contribution in [3.8, 4) is 0 Å². The second-order valence-corrected chi connectivity index (χ2v) is 2.52. The molecule has 0 aliphatic carbocycles. The second-order valence-electron chi connectivity index (χ2n) is 2.52. The standard InChI is InChI=1S/C7H16N4/c1-6(11(2)3)4-5-10-7(8)9/h1,4-5H2,2-3H3,(H4,8,9,10). The van der Waals surface area contributed by atoms with Crippen LogP contribution in [-0.2, 0) is 0 Å². The van der Waals surface area contributed by atoms with Gasteiger partial charge in [0.2, 0.25) is 0 Å². The van der Waals surface area contributed by atoms with E-state index < -0.39 is 0 Å². The average molecular weight is 156 g/mol. The summed E-state index contributed by atoms with van der Waals surface area (Å²) in [5, 5.41) is 0. The first-order chi connectivity index (χ1) is 5.04. The largest absolute Gasteiger partial charge is 0.381 e. The monoisotopic (exact) mass is 156 g/mol. The van der Waals surface area contributed by atoms with Crippen LogP contribution in [0.2, 0.25) is 0 Å². The van der Waals surface area contributed by atoms with Crippen molar-refractivity contribution < 1.29 is 0 Å². The molecule has 0 saturated carbocycles. The number of nitrogens with zero attached hydrogens (tertiary/aromatic N) is 2. The van der Waals surface area contributed by atoms with Crippen LogP contribution in [0.25, 0.3) is 0 Å². The first kappa shape index (κ1) is 9.81. The Hall–Kier alpha value is -1.19. The van der Waals surface area contributed by atoms with Crippen molar-refractivity contribution in [2.45, 2.75) is 6.42 Å². The van der Waals surface area contributed by atoms with Gasteiger partial charge in [-0.3, -0.25) is 4.99 Å². The molecule has 0 atom stereocenters. The third kappa shape index (κ3) is 5.26. The number of hydrogen-bond donors (Lipinski definition) is 2. The molecule has 0 amide bonds. The van der Waals surface area contributed by atoms with Gasteiger partial charge in [0.05, 0.1) is 0 Å². The van der Waals surface area contributed by atoms with Gasteiger partial charge in [0.25, 0.3) is 0 Å². The highest BCUT2D eigenvalue weighted by Gasteiger charge is 1.93. The summed E-state index contributed by atoms with van der Waals surface area (Å²) in [6.45, 7) is 4.44. The number of nitrogens with two attached hydrogens (primary N) is 2. The topological polar surface area (TPSA) is 67.6 Å². The highest BCUT2D eigenvalue weighted by atomic mass is 15.1. The number of rotatable bonds is 4. The first-order valence-electron chi connectivity index (χ1n) is 3.44. The van der Waals surface area contributed by atoms with Crippen LogP contribution < -0.4 is 11.5 Å². The Morgan fingerprint density at radius 2 is 2.00 bits per heavy atom. The molecule has 0 bridgehead atoms. The van der Waals surface area contributed by atoms with Crippen molar-refractivity contribution in [2.24, 2.45) is 16.5 Å². The fraction of sp³-hybridized carbons (Fsp3) is 0.571. The van der Waals surface area contributed by atoms with Gasteiger partial charge in [-0.05, 0) is 0 Å².